The first kappa shape index (κ1) is 20.4. The summed E-state index contributed by atoms with van der Waals surface area (Å²) in [6.07, 6.45) is 1.47. The van der Waals surface area contributed by atoms with Crippen molar-refractivity contribution in [2.24, 2.45) is 0 Å². The highest BCUT2D eigenvalue weighted by Gasteiger charge is 2.37. The van der Waals surface area contributed by atoms with Crippen molar-refractivity contribution in [1.29, 1.82) is 0 Å². The Balaban J connectivity index is 1.44. The Morgan fingerprint density at radius 2 is 2.00 bits per heavy atom. The first-order valence-corrected chi connectivity index (χ1v) is 10.6. The lowest BCUT2D eigenvalue weighted by Gasteiger charge is -2.47. The molecule has 29 heavy (non-hydrogen) atoms. The van der Waals surface area contributed by atoms with E-state index in [1.807, 2.05) is 12.1 Å². The van der Waals surface area contributed by atoms with Crippen molar-refractivity contribution in [3.05, 3.63) is 34.9 Å². The monoisotopic (exact) mass is 422 g/mol. The van der Waals surface area contributed by atoms with Crippen LogP contribution in [0, 0.1) is 0 Å². The summed E-state index contributed by atoms with van der Waals surface area (Å²) in [4.78, 5) is 7.63. The quantitative estimate of drug-likeness (QED) is 0.770. The molecule has 4 rings (SSSR count). The summed E-state index contributed by atoms with van der Waals surface area (Å²) in [5, 5.41) is 8.67. The van der Waals surface area contributed by atoms with Gasteiger partial charge < -0.3 is 15.4 Å². The number of nitrogens with one attached hydrogen (secondary N) is 1. The molecule has 3 heterocycles. The number of aromatic nitrogens is 3. The molecule has 7 nitrogen and oxygen atoms in total. The summed E-state index contributed by atoms with van der Waals surface area (Å²) in [5.74, 6) is 1.05. The van der Waals surface area contributed by atoms with Crippen molar-refractivity contribution < 1.29 is 9.13 Å². The van der Waals surface area contributed by atoms with Crippen LogP contribution in [-0.4, -0.2) is 70.7 Å². The molecule has 2 fully saturated rings. The number of ether oxygens (including phenoxy) is 1. The third kappa shape index (κ3) is 4.82. The van der Waals surface area contributed by atoms with E-state index in [0.717, 1.165) is 43.3 Å². The zero-order valence-corrected chi connectivity index (χ0v) is 17.4. The van der Waals surface area contributed by atoms with Crippen molar-refractivity contribution in [3.8, 4) is 0 Å². The number of aromatic amines is 1. The second kappa shape index (κ2) is 8.85. The molecule has 0 saturated carbocycles. The number of hydrogen-bond acceptors (Lipinski definition) is 6. The summed E-state index contributed by atoms with van der Waals surface area (Å²) in [7, 11) is 0. The zero-order valence-electron chi connectivity index (χ0n) is 16.6. The van der Waals surface area contributed by atoms with Crippen molar-refractivity contribution in [2.75, 3.05) is 36.9 Å². The number of alkyl halides is 1. The first-order valence-electron chi connectivity index (χ1n) is 10.2. The highest BCUT2D eigenvalue weighted by molar-refractivity contribution is 6.30. The molecule has 3 N–H and O–H groups in total. The van der Waals surface area contributed by atoms with Gasteiger partial charge in [0.05, 0.1) is 6.61 Å². The van der Waals surface area contributed by atoms with E-state index in [1.165, 1.54) is 5.56 Å². The number of benzene rings is 1. The number of anilines is 2. The molecule has 1 aromatic carbocycles. The van der Waals surface area contributed by atoms with Gasteiger partial charge in [-0.3, -0.25) is 9.88 Å². The summed E-state index contributed by atoms with van der Waals surface area (Å²) >= 11 is 6.02. The molecule has 3 atom stereocenters. The zero-order chi connectivity index (χ0) is 20.4. The SMILES string of the molecule is CC(F)C1CN(C2CCN(c3nnc(N)[nH]3)CC2)C(Cc2ccc(Cl)cc2)CO1. The smallest absolute Gasteiger partial charge is 0.226 e. The number of H-pyrrole nitrogens is 1. The molecule has 1 aromatic heterocycles. The molecular weight excluding hydrogens is 395 g/mol. The van der Waals surface area contributed by atoms with Crippen LogP contribution in [0.2, 0.25) is 5.02 Å². The van der Waals surface area contributed by atoms with Gasteiger partial charge in [-0.15, -0.1) is 10.2 Å². The number of nitrogen functional groups attached to an aromatic ring is 1. The fourth-order valence-corrected chi connectivity index (χ4v) is 4.48. The molecule has 2 aliphatic rings. The molecule has 0 spiro atoms. The van der Waals surface area contributed by atoms with Crippen LogP contribution in [-0.2, 0) is 11.2 Å². The predicted molar refractivity (Wildman–Crippen MR) is 112 cm³/mol. The highest BCUT2D eigenvalue weighted by atomic mass is 35.5. The minimum atomic E-state index is -0.980. The fraction of sp³-hybridized carbons (Fsp3) is 0.600. The Kier molecular flexibility index (Phi) is 6.22. The normalized spacial score (nSPS) is 25.3. The van der Waals surface area contributed by atoms with Gasteiger partial charge in [0.15, 0.2) is 0 Å². The first-order chi connectivity index (χ1) is 14.0. The van der Waals surface area contributed by atoms with Gasteiger partial charge in [0, 0.05) is 36.7 Å². The molecule has 2 saturated heterocycles. The second-order valence-corrected chi connectivity index (χ2v) is 8.42. The maximum atomic E-state index is 14.0. The number of nitrogens with two attached hydrogens (primary N) is 1. The topological polar surface area (TPSA) is 83.3 Å². The molecule has 9 heteroatoms. The minimum absolute atomic E-state index is 0.226. The van der Waals surface area contributed by atoms with Crippen LogP contribution in [0.5, 0.6) is 0 Å². The van der Waals surface area contributed by atoms with Gasteiger partial charge in [0.1, 0.15) is 12.3 Å². The molecule has 0 bridgehead atoms. The van der Waals surface area contributed by atoms with Crippen molar-refractivity contribution in [1.82, 2.24) is 20.1 Å². The van der Waals surface area contributed by atoms with Crippen molar-refractivity contribution >= 4 is 23.5 Å². The van der Waals surface area contributed by atoms with Crippen LogP contribution in [0.1, 0.15) is 25.3 Å². The van der Waals surface area contributed by atoms with Crippen LogP contribution in [0.3, 0.4) is 0 Å². The highest BCUT2D eigenvalue weighted by Crippen LogP contribution is 2.27. The number of morpholine rings is 1. The van der Waals surface area contributed by atoms with E-state index in [9.17, 15) is 4.39 Å². The van der Waals surface area contributed by atoms with Crippen LogP contribution >= 0.6 is 11.6 Å². The number of halogens is 2. The summed E-state index contributed by atoms with van der Waals surface area (Å²) in [5.41, 5.74) is 6.87. The van der Waals surface area contributed by atoms with E-state index in [1.54, 1.807) is 6.92 Å². The third-order valence-corrected chi connectivity index (χ3v) is 6.24. The second-order valence-electron chi connectivity index (χ2n) is 7.98. The standard InChI is InChI=1S/C20H28ClFN6O/c1-13(22)18-11-28(17(12-29-18)10-14-2-4-15(21)5-3-14)16-6-8-27(9-7-16)20-24-19(23)25-26-20/h2-5,13,16-18H,6-12H2,1H3,(H3,23,24,25,26). The van der Waals surface area contributed by atoms with E-state index in [4.69, 9.17) is 22.1 Å². The number of nitrogens with zero attached hydrogens (tertiary/aromatic N) is 4. The van der Waals surface area contributed by atoms with E-state index < -0.39 is 6.17 Å². The number of piperidine rings is 1. The van der Waals surface area contributed by atoms with Crippen molar-refractivity contribution in [3.63, 3.8) is 0 Å². The lowest BCUT2D eigenvalue weighted by molar-refractivity contribution is -0.105. The van der Waals surface area contributed by atoms with Gasteiger partial charge in [-0.2, -0.15) is 0 Å². The lowest BCUT2D eigenvalue weighted by Crippen LogP contribution is -2.58. The fourth-order valence-electron chi connectivity index (χ4n) is 4.35. The third-order valence-electron chi connectivity index (χ3n) is 5.98. The van der Waals surface area contributed by atoms with E-state index in [2.05, 4.69) is 37.1 Å². The Hall–Kier alpha value is -1.90. The van der Waals surface area contributed by atoms with Gasteiger partial charge in [-0.1, -0.05) is 23.7 Å². The van der Waals surface area contributed by atoms with Crippen LogP contribution in [0.15, 0.2) is 24.3 Å². The van der Waals surface area contributed by atoms with Crippen LogP contribution in [0.4, 0.5) is 16.3 Å². The molecular formula is C20H28ClFN6O. The maximum Gasteiger partial charge on any atom is 0.226 e. The Morgan fingerprint density at radius 3 is 2.62 bits per heavy atom. The average molecular weight is 423 g/mol. The van der Waals surface area contributed by atoms with E-state index >= 15 is 0 Å². The summed E-state index contributed by atoms with van der Waals surface area (Å²) < 4.78 is 19.9. The van der Waals surface area contributed by atoms with Gasteiger partial charge >= 0.3 is 0 Å². The van der Waals surface area contributed by atoms with Gasteiger partial charge in [0.2, 0.25) is 11.9 Å². The molecule has 0 radical (unpaired) electrons. The van der Waals surface area contributed by atoms with Crippen LogP contribution in [0.25, 0.3) is 0 Å². The van der Waals surface area contributed by atoms with Gasteiger partial charge in [-0.05, 0) is 43.9 Å². The molecule has 3 unspecified atom stereocenters. The Morgan fingerprint density at radius 1 is 1.28 bits per heavy atom. The molecule has 2 aliphatic heterocycles. The summed E-state index contributed by atoms with van der Waals surface area (Å²) in [6, 6.07) is 8.55. The van der Waals surface area contributed by atoms with Gasteiger partial charge in [0.25, 0.3) is 0 Å². The molecule has 158 valence electrons. The lowest BCUT2D eigenvalue weighted by atomic mass is 9.96. The molecule has 0 amide bonds. The Bertz CT molecular complexity index is 793. The largest absolute Gasteiger partial charge is 0.372 e. The Labute approximate surface area is 175 Å². The van der Waals surface area contributed by atoms with Crippen molar-refractivity contribution in [2.45, 2.75) is 50.5 Å². The maximum absolute atomic E-state index is 14.0. The van der Waals surface area contributed by atoms with E-state index in [-0.39, 0.29) is 12.1 Å². The van der Waals surface area contributed by atoms with Gasteiger partial charge in [-0.25, -0.2) is 4.39 Å². The summed E-state index contributed by atoms with van der Waals surface area (Å²) in [6.45, 7) is 4.47. The predicted octanol–water partition coefficient (Wildman–Crippen LogP) is 2.68. The number of hydrogen-bond donors (Lipinski definition) is 2. The minimum Gasteiger partial charge on any atom is -0.372 e. The molecule has 2 aromatic rings. The molecule has 0 aliphatic carbocycles. The van der Waals surface area contributed by atoms with Crippen LogP contribution < -0.4 is 10.6 Å². The number of rotatable bonds is 5. The van der Waals surface area contributed by atoms with E-state index in [0.29, 0.717) is 25.1 Å². The average Bonchev–Trinajstić information content (AvgIpc) is 3.16.